The number of aliphatic carboxylic acids is 1. The number of nitrogens with two attached hydrogens (primary N) is 1. The third-order valence-electron chi connectivity index (χ3n) is 3.28. The second kappa shape index (κ2) is 5.38. The van der Waals surface area contributed by atoms with Crippen LogP contribution in [0.1, 0.15) is 16.8 Å². The molecule has 1 fully saturated rings. The number of ether oxygens (including phenoxy) is 1. The number of hydrogen-bond acceptors (Lipinski definition) is 5. The monoisotopic (exact) mass is 280 g/mol. The molecule has 4 N–H and O–H groups in total. The number of carbonyl (C=O) groups is 2. The van der Waals surface area contributed by atoms with Gasteiger partial charge in [0.1, 0.15) is 11.8 Å². The highest BCUT2D eigenvalue weighted by Crippen LogP contribution is 2.27. The highest BCUT2D eigenvalue weighted by molar-refractivity contribution is 5.99. The molecule has 0 spiro atoms. The fourth-order valence-corrected chi connectivity index (χ4v) is 2.31. The number of nitrogens with zero attached hydrogens (tertiary/aromatic N) is 1. The number of carboxylic acids is 1. The summed E-state index contributed by atoms with van der Waals surface area (Å²) in [5.74, 6) is -1.35. The standard InChI is InChI=1S/C13H16N2O5/c1-20-11-4-7(14)2-3-9(11)12(17)15-6-8(16)5-10(15)13(18)19/h2-4,8,10,16H,5-6,14H2,1H3,(H,18,19)/t8-,10-/m1/s1. The van der Waals surface area contributed by atoms with Gasteiger partial charge in [-0.2, -0.15) is 0 Å². The molecular formula is C13H16N2O5. The quantitative estimate of drug-likeness (QED) is 0.668. The number of methoxy groups -OCH3 is 1. The van der Waals surface area contributed by atoms with Crippen LogP contribution in [-0.4, -0.2) is 52.8 Å². The molecule has 1 aromatic carbocycles. The molecular weight excluding hydrogens is 264 g/mol. The number of rotatable bonds is 3. The molecule has 2 atom stereocenters. The first-order chi connectivity index (χ1) is 9.43. The van der Waals surface area contributed by atoms with Crippen molar-refractivity contribution in [3.8, 4) is 5.75 Å². The summed E-state index contributed by atoms with van der Waals surface area (Å²) in [5, 5.41) is 18.7. The van der Waals surface area contributed by atoms with Gasteiger partial charge in [0.15, 0.2) is 0 Å². The zero-order chi connectivity index (χ0) is 14.9. The van der Waals surface area contributed by atoms with Gasteiger partial charge in [-0.25, -0.2) is 4.79 Å². The lowest BCUT2D eigenvalue weighted by atomic mass is 10.1. The molecule has 0 aromatic heterocycles. The molecule has 1 aromatic rings. The molecule has 7 heteroatoms. The van der Waals surface area contributed by atoms with Crippen LogP contribution in [0.25, 0.3) is 0 Å². The van der Waals surface area contributed by atoms with Crippen molar-refractivity contribution < 1.29 is 24.5 Å². The van der Waals surface area contributed by atoms with E-state index in [0.717, 1.165) is 4.90 Å². The Labute approximate surface area is 115 Å². The maximum absolute atomic E-state index is 12.4. The van der Waals surface area contributed by atoms with E-state index < -0.39 is 24.0 Å². The van der Waals surface area contributed by atoms with E-state index in [2.05, 4.69) is 0 Å². The van der Waals surface area contributed by atoms with Crippen molar-refractivity contribution in [1.29, 1.82) is 0 Å². The zero-order valence-corrected chi connectivity index (χ0v) is 10.9. The Bertz CT molecular complexity index is 546. The van der Waals surface area contributed by atoms with E-state index in [0.29, 0.717) is 5.69 Å². The summed E-state index contributed by atoms with van der Waals surface area (Å²) in [6.07, 6.45) is -0.807. The highest BCUT2D eigenvalue weighted by atomic mass is 16.5. The van der Waals surface area contributed by atoms with Gasteiger partial charge in [0.05, 0.1) is 18.8 Å². The normalized spacial score (nSPS) is 21.8. The molecule has 0 radical (unpaired) electrons. The molecule has 1 heterocycles. The predicted octanol–water partition coefficient (Wildman–Crippen LogP) is -0.0626. The summed E-state index contributed by atoms with van der Waals surface area (Å²) in [4.78, 5) is 24.7. The van der Waals surface area contributed by atoms with Crippen LogP contribution in [0.2, 0.25) is 0 Å². The van der Waals surface area contributed by atoms with Crippen molar-refractivity contribution in [2.24, 2.45) is 0 Å². The maximum atomic E-state index is 12.4. The van der Waals surface area contributed by atoms with Crippen molar-refractivity contribution in [3.05, 3.63) is 23.8 Å². The molecule has 2 rings (SSSR count). The molecule has 0 saturated carbocycles. The number of nitrogen functional groups attached to an aromatic ring is 1. The average Bonchev–Trinajstić information content (AvgIpc) is 2.80. The lowest BCUT2D eigenvalue weighted by Crippen LogP contribution is -2.40. The summed E-state index contributed by atoms with van der Waals surface area (Å²) in [7, 11) is 1.40. The number of amides is 1. The number of carbonyl (C=O) groups excluding carboxylic acids is 1. The SMILES string of the molecule is COc1cc(N)ccc1C(=O)N1C[C@H](O)C[C@@H]1C(=O)O. The van der Waals surface area contributed by atoms with Gasteiger partial charge in [-0.15, -0.1) is 0 Å². The second-order valence-corrected chi connectivity index (χ2v) is 4.66. The van der Waals surface area contributed by atoms with Gasteiger partial charge in [-0.3, -0.25) is 4.79 Å². The van der Waals surface area contributed by atoms with E-state index >= 15 is 0 Å². The Hall–Kier alpha value is -2.28. The number of carboxylic acid groups (broad SMARTS) is 1. The Kier molecular flexibility index (Phi) is 3.80. The first kappa shape index (κ1) is 14.1. The predicted molar refractivity (Wildman–Crippen MR) is 70.5 cm³/mol. The van der Waals surface area contributed by atoms with Gasteiger partial charge in [-0.05, 0) is 12.1 Å². The smallest absolute Gasteiger partial charge is 0.326 e. The number of likely N-dealkylation sites (tertiary alicyclic amines) is 1. The van der Waals surface area contributed by atoms with Gasteiger partial charge in [0.25, 0.3) is 5.91 Å². The lowest BCUT2D eigenvalue weighted by molar-refractivity contribution is -0.141. The first-order valence-electron chi connectivity index (χ1n) is 6.09. The Morgan fingerprint density at radius 3 is 2.75 bits per heavy atom. The average molecular weight is 280 g/mol. The number of anilines is 1. The largest absolute Gasteiger partial charge is 0.496 e. The minimum absolute atomic E-state index is 0.0106. The summed E-state index contributed by atoms with van der Waals surface area (Å²) < 4.78 is 5.09. The van der Waals surface area contributed by atoms with Crippen molar-refractivity contribution in [2.45, 2.75) is 18.6 Å². The number of aliphatic hydroxyl groups excluding tert-OH is 1. The minimum atomic E-state index is -1.13. The van der Waals surface area contributed by atoms with Crippen molar-refractivity contribution in [1.82, 2.24) is 4.90 Å². The topological polar surface area (TPSA) is 113 Å². The van der Waals surface area contributed by atoms with Crippen LogP contribution in [0.5, 0.6) is 5.75 Å². The van der Waals surface area contributed by atoms with Crippen LogP contribution in [0.3, 0.4) is 0 Å². The van der Waals surface area contributed by atoms with Crippen LogP contribution in [0, 0.1) is 0 Å². The van der Waals surface area contributed by atoms with Gasteiger partial charge >= 0.3 is 5.97 Å². The van der Waals surface area contributed by atoms with E-state index in [1.165, 1.54) is 25.3 Å². The van der Waals surface area contributed by atoms with E-state index in [-0.39, 0.29) is 24.3 Å². The Morgan fingerprint density at radius 2 is 2.15 bits per heavy atom. The van der Waals surface area contributed by atoms with Crippen molar-refractivity contribution >= 4 is 17.6 Å². The second-order valence-electron chi connectivity index (χ2n) is 4.66. The number of aliphatic hydroxyl groups is 1. The number of benzene rings is 1. The molecule has 0 aliphatic carbocycles. The third kappa shape index (κ3) is 2.53. The summed E-state index contributed by atoms with van der Waals surface area (Å²) in [6, 6.07) is 3.49. The summed E-state index contributed by atoms with van der Waals surface area (Å²) in [6.45, 7) is -0.0106. The number of hydrogen-bond donors (Lipinski definition) is 3. The molecule has 7 nitrogen and oxygen atoms in total. The molecule has 1 saturated heterocycles. The molecule has 1 amide bonds. The molecule has 0 bridgehead atoms. The highest BCUT2D eigenvalue weighted by Gasteiger charge is 2.39. The van der Waals surface area contributed by atoms with E-state index in [4.69, 9.17) is 15.6 Å². The van der Waals surface area contributed by atoms with Gasteiger partial charge in [0, 0.05) is 24.7 Å². The number of β-amino-alcohol motifs (C(OH)–C–C–N with tert-alkyl or cyclic N) is 1. The Morgan fingerprint density at radius 1 is 1.45 bits per heavy atom. The lowest BCUT2D eigenvalue weighted by Gasteiger charge is -2.22. The summed E-state index contributed by atoms with van der Waals surface area (Å²) in [5.41, 5.74) is 6.28. The van der Waals surface area contributed by atoms with E-state index in [1.54, 1.807) is 0 Å². The first-order valence-corrected chi connectivity index (χ1v) is 6.09. The zero-order valence-electron chi connectivity index (χ0n) is 10.9. The van der Waals surface area contributed by atoms with Crippen LogP contribution in [-0.2, 0) is 4.79 Å². The fraction of sp³-hybridized carbons (Fsp3) is 0.385. The fourth-order valence-electron chi connectivity index (χ4n) is 2.31. The van der Waals surface area contributed by atoms with Crippen molar-refractivity contribution in [2.75, 3.05) is 19.4 Å². The van der Waals surface area contributed by atoms with Crippen LogP contribution in [0.15, 0.2) is 18.2 Å². The molecule has 1 aliphatic rings. The molecule has 0 unspecified atom stereocenters. The molecule has 20 heavy (non-hydrogen) atoms. The summed E-state index contributed by atoms with van der Waals surface area (Å²) >= 11 is 0. The van der Waals surface area contributed by atoms with Gasteiger partial charge < -0.3 is 25.6 Å². The minimum Gasteiger partial charge on any atom is -0.496 e. The van der Waals surface area contributed by atoms with Gasteiger partial charge in [0.2, 0.25) is 0 Å². The van der Waals surface area contributed by atoms with E-state index in [1.807, 2.05) is 0 Å². The maximum Gasteiger partial charge on any atom is 0.326 e. The van der Waals surface area contributed by atoms with Crippen LogP contribution >= 0.6 is 0 Å². The van der Waals surface area contributed by atoms with E-state index in [9.17, 15) is 14.7 Å². The Balaban J connectivity index is 2.33. The van der Waals surface area contributed by atoms with Crippen LogP contribution in [0.4, 0.5) is 5.69 Å². The van der Waals surface area contributed by atoms with Gasteiger partial charge in [-0.1, -0.05) is 0 Å². The molecule has 108 valence electrons. The third-order valence-corrected chi connectivity index (χ3v) is 3.28. The van der Waals surface area contributed by atoms with Crippen LogP contribution < -0.4 is 10.5 Å². The van der Waals surface area contributed by atoms with Crippen molar-refractivity contribution in [3.63, 3.8) is 0 Å². The molecule has 1 aliphatic heterocycles.